The first-order valence-electron chi connectivity index (χ1n) is 7.24. The summed E-state index contributed by atoms with van der Waals surface area (Å²) in [4.78, 5) is 0. The van der Waals surface area contributed by atoms with Crippen LogP contribution in [-0.2, 0) is 6.42 Å². The summed E-state index contributed by atoms with van der Waals surface area (Å²) in [6.07, 6.45) is 7.82. The highest BCUT2D eigenvalue weighted by molar-refractivity contribution is 5.28. The van der Waals surface area contributed by atoms with Crippen LogP contribution < -0.4 is 10.1 Å². The van der Waals surface area contributed by atoms with Crippen molar-refractivity contribution in [3.8, 4) is 5.75 Å². The highest BCUT2D eigenvalue weighted by Crippen LogP contribution is 2.26. The van der Waals surface area contributed by atoms with Crippen LogP contribution in [0.25, 0.3) is 0 Å². The number of ether oxygens (including phenoxy) is 1. The lowest BCUT2D eigenvalue weighted by atomic mass is 10.0. The maximum absolute atomic E-state index is 5.75. The fraction of sp³-hybridized carbons (Fsp3) is 0.625. The predicted molar refractivity (Wildman–Crippen MR) is 76.2 cm³/mol. The number of hydrogen-bond acceptors (Lipinski definition) is 2. The Bertz CT molecular complexity index is 343. The molecule has 0 radical (unpaired) electrons. The van der Waals surface area contributed by atoms with Gasteiger partial charge >= 0.3 is 0 Å². The van der Waals surface area contributed by atoms with Crippen LogP contribution in [0.2, 0.25) is 0 Å². The van der Waals surface area contributed by atoms with E-state index >= 15 is 0 Å². The van der Waals surface area contributed by atoms with Gasteiger partial charge in [-0.15, -0.1) is 0 Å². The van der Waals surface area contributed by atoms with E-state index in [4.69, 9.17) is 4.74 Å². The average Bonchev–Trinajstić information content (AvgIpc) is 3.20. The molecule has 0 aliphatic heterocycles. The fourth-order valence-corrected chi connectivity index (χ4v) is 2.24. The molecule has 0 amide bonds. The van der Waals surface area contributed by atoms with Gasteiger partial charge in [-0.05, 0) is 56.8 Å². The second kappa shape index (κ2) is 6.79. The zero-order valence-corrected chi connectivity index (χ0v) is 11.6. The Labute approximate surface area is 111 Å². The first-order chi connectivity index (χ1) is 8.81. The van der Waals surface area contributed by atoms with E-state index in [1.165, 1.54) is 37.7 Å². The number of nitrogens with one attached hydrogen (secondary N) is 1. The molecule has 100 valence electrons. The zero-order chi connectivity index (χ0) is 12.8. The van der Waals surface area contributed by atoms with E-state index in [0.717, 1.165) is 12.2 Å². The molecule has 0 aromatic heterocycles. The third kappa shape index (κ3) is 4.34. The smallest absolute Gasteiger partial charge is 0.119 e. The molecule has 18 heavy (non-hydrogen) atoms. The van der Waals surface area contributed by atoms with Crippen LogP contribution in [-0.4, -0.2) is 19.2 Å². The van der Waals surface area contributed by atoms with E-state index in [9.17, 15) is 0 Å². The van der Waals surface area contributed by atoms with Gasteiger partial charge in [-0.25, -0.2) is 0 Å². The molecule has 1 N–H and O–H groups in total. The molecule has 1 aliphatic rings. The second-order valence-electron chi connectivity index (χ2n) is 5.27. The Kier molecular flexibility index (Phi) is 5.06. The van der Waals surface area contributed by atoms with Gasteiger partial charge in [0.1, 0.15) is 5.75 Å². The number of rotatable bonds is 8. The van der Waals surface area contributed by atoms with Gasteiger partial charge in [-0.3, -0.25) is 0 Å². The number of aryl methyl sites for hydroxylation is 1. The summed E-state index contributed by atoms with van der Waals surface area (Å²) in [5.41, 5.74) is 1.41. The van der Waals surface area contributed by atoms with Crippen molar-refractivity contribution < 1.29 is 4.74 Å². The molecule has 0 heterocycles. The first kappa shape index (κ1) is 13.4. The van der Waals surface area contributed by atoms with E-state index in [0.29, 0.717) is 12.1 Å². The Morgan fingerprint density at radius 1 is 1.22 bits per heavy atom. The molecular weight excluding hydrogens is 222 g/mol. The Morgan fingerprint density at radius 2 is 1.94 bits per heavy atom. The van der Waals surface area contributed by atoms with Gasteiger partial charge < -0.3 is 10.1 Å². The zero-order valence-electron chi connectivity index (χ0n) is 11.6. The molecule has 1 atom stereocenters. The van der Waals surface area contributed by atoms with Gasteiger partial charge in [0.2, 0.25) is 0 Å². The minimum Gasteiger partial charge on any atom is -0.490 e. The third-order valence-electron chi connectivity index (χ3n) is 3.58. The largest absolute Gasteiger partial charge is 0.490 e. The molecule has 1 saturated carbocycles. The number of benzene rings is 1. The summed E-state index contributed by atoms with van der Waals surface area (Å²) >= 11 is 0. The summed E-state index contributed by atoms with van der Waals surface area (Å²) in [6.45, 7) is 2.24. The minimum absolute atomic E-state index is 0.495. The Hall–Kier alpha value is -1.02. The van der Waals surface area contributed by atoms with Crippen LogP contribution in [0.5, 0.6) is 5.75 Å². The lowest BCUT2D eigenvalue weighted by Gasteiger charge is -2.15. The van der Waals surface area contributed by atoms with Crippen molar-refractivity contribution in [1.82, 2.24) is 5.32 Å². The second-order valence-corrected chi connectivity index (χ2v) is 5.27. The molecule has 0 bridgehead atoms. The Balaban J connectivity index is 1.77. The van der Waals surface area contributed by atoms with E-state index in [1.54, 1.807) is 0 Å². The molecule has 2 heteroatoms. The summed E-state index contributed by atoms with van der Waals surface area (Å²) in [5.74, 6) is 1.03. The molecule has 2 rings (SSSR count). The van der Waals surface area contributed by atoms with Gasteiger partial charge in [-0.2, -0.15) is 0 Å². The van der Waals surface area contributed by atoms with Crippen molar-refractivity contribution in [2.75, 3.05) is 7.05 Å². The van der Waals surface area contributed by atoms with Gasteiger partial charge in [0.15, 0.2) is 0 Å². The highest BCUT2D eigenvalue weighted by atomic mass is 16.5. The normalized spacial score (nSPS) is 16.6. The van der Waals surface area contributed by atoms with Crippen molar-refractivity contribution in [2.24, 2.45) is 0 Å². The minimum atomic E-state index is 0.495. The number of hydrogen-bond donors (Lipinski definition) is 1. The van der Waals surface area contributed by atoms with Gasteiger partial charge in [0.25, 0.3) is 0 Å². The van der Waals surface area contributed by atoms with E-state index < -0.39 is 0 Å². The monoisotopic (exact) mass is 247 g/mol. The van der Waals surface area contributed by atoms with Gasteiger partial charge in [0, 0.05) is 6.04 Å². The maximum Gasteiger partial charge on any atom is 0.119 e. The van der Waals surface area contributed by atoms with Crippen molar-refractivity contribution in [2.45, 2.75) is 57.6 Å². The molecular formula is C16H25NO. The average molecular weight is 247 g/mol. The molecule has 1 unspecified atom stereocenters. The fourth-order valence-electron chi connectivity index (χ4n) is 2.24. The van der Waals surface area contributed by atoms with Crippen molar-refractivity contribution in [1.29, 1.82) is 0 Å². The molecule has 0 saturated heterocycles. The third-order valence-corrected chi connectivity index (χ3v) is 3.58. The van der Waals surface area contributed by atoms with E-state index in [-0.39, 0.29) is 0 Å². The predicted octanol–water partition coefficient (Wildman–Crippen LogP) is 3.55. The molecule has 0 spiro atoms. The molecule has 2 nitrogen and oxygen atoms in total. The van der Waals surface area contributed by atoms with E-state index in [2.05, 4.69) is 43.6 Å². The molecule has 1 aliphatic carbocycles. The van der Waals surface area contributed by atoms with E-state index in [1.807, 2.05) is 0 Å². The summed E-state index contributed by atoms with van der Waals surface area (Å²) in [7, 11) is 2.06. The van der Waals surface area contributed by atoms with Crippen molar-refractivity contribution in [3.63, 3.8) is 0 Å². The molecule has 1 aromatic rings. The van der Waals surface area contributed by atoms with Crippen molar-refractivity contribution in [3.05, 3.63) is 29.8 Å². The maximum atomic E-state index is 5.75. The van der Waals surface area contributed by atoms with Crippen LogP contribution in [0, 0.1) is 0 Å². The topological polar surface area (TPSA) is 21.3 Å². The van der Waals surface area contributed by atoms with Crippen molar-refractivity contribution >= 4 is 0 Å². The standard InChI is InChI=1S/C16H25NO/c1-3-4-14(17-2)8-5-13-6-9-15(10-7-13)18-16-11-12-16/h6-7,9-10,14,16-17H,3-5,8,11-12H2,1-2H3. The summed E-state index contributed by atoms with van der Waals surface area (Å²) in [5, 5.41) is 3.39. The molecule has 1 aromatic carbocycles. The van der Waals surface area contributed by atoms with Gasteiger partial charge in [0.05, 0.1) is 6.10 Å². The summed E-state index contributed by atoms with van der Waals surface area (Å²) < 4.78 is 5.75. The first-order valence-corrected chi connectivity index (χ1v) is 7.24. The Morgan fingerprint density at radius 3 is 2.50 bits per heavy atom. The lowest BCUT2D eigenvalue weighted by molar-refractivity contribution is 0.303. The highest BCUT2D eigenvalue weighted by Gasteiger charge is 2.23. The van der Waals surface area contributed by atoms with Crippen LogP contribution in [0.3, 0.4) is 0 Å². The lowest BCUT2D eigenvalue weighted by Crippen LogP contribution is -2.25. The van der Waals surface area contributed by atoms with Crippen LogP contribution in [0.1, 0.15) is 44.6 Å². The quantitative estimate of drug-likeness (QED) is 0.758. The SMILES string of the molecule is CCCC(CCc1ccc(OC2CC2)cc1)NC. The summed E-state index contributed by atoms with van der Waals surface area (Å²) in [6, 6.07) is 9.29. The van der Waals surface area contributed by atoms with Crippen LogP contribution in [0.15, 0.2) is 24.3 Å². The molecule has 1 fully saturated rings. The van der Waals surface area contributed by atoms with Gasteiger partial charge in [-0.1, -0.05) is 25.5 Å². The van der Waals surface area contributed by atoms with Crippen LogP contribution in [0.4, 0.5) is 0 Å². The van der Waals surface area contributed by atoms with Crippen LogP contribution >= 0.6 is 0 Å².